The molecule has 0 radical (unpaired) electrons. The fourth-order valence-corrected chi connectivity index (χ4v) is 1.64. The SMILES string of the molecule is Cc1ccc(N)c(C(=O)N(CC(=O)O)C(C)C)c1. The molecule has 0 spiro atoms. The minimum absolute atomic E-state index is 0.200. The third-order valence-electron chi connectivity index (χ3n) is 2.63. The molecule has 0 fully saturated rings. The number of hydrogen-bond donors (Lipinski definition) is 2. The number of hydrogen-bond acceptors (Lipinski definition) is 3. The van der Waals surface area contributed by atoms with Gasteiger partial charge in [-0.05, 0) is 32.9 Å². The van der Waals surface area contributed by atoms with E-state index < -0.39 is 5.97 Å². The van der Waals surface area contributed by atoms with Crippen molar-refractivity contribution in [3.63, 3.8) is 0 Å². The summed E-state index contributed by atoms with van der Waals surface area (Å²) in [6.45, 7) is 5.07. The lowest BCUT2D eigenvalue weighted by Gasteiger charge is -2.25. The maximum absolute atomic E-state index is 12.3. The summed E-state index contributed by atoms with van der Waals surface area (Å²) in [4.78, 5) is 24.3. The van der Waals surface area contributed by atoms with Gasteiger partial charge in [-0.1, -0.05) is 11.6 Å². The van der Waals surface area contributed by atoms with Crippen molar-refractivity contribution in [2.45, 2.75) is 26.8 Å². The van der Waals surface area contributed by atoms with Crippen LogP contribution >= 0.6 is 0 Å². The van der Waals surface area contributed by atoms with Crippen molar-refractivity contribution in [1.82, 2.24) is 4.90 Å². The van der Waals surface area contributed by atoms with E-state index in [1.165, 1.54) is 4.90 Å². The monoisotopic (exact) mass is 250 g/mol. The van der Waals surface area contributed by atoms with E-state index in [4.69, 9.17) is 10.8 Å². The second-order valence-corrected chi connectivity index (χ2v) is 4.51. The van der Waals surface area contributed by atoms with Crippen LogP contribution in [-0.2, 0) is 4.79 Å². The fourth-order valence-electron chi connectivity index (χ4n) is 1.64. The quantitative estimate of drug-likeness (QED) is 0.793. The molecule has 5 heteroatoms. The lowest BCUT2D eigenvalue weighted by molar-refractivity contribution is -0.138. The standard InChI is InChI=1S/C13H18N2O3/c1-8(2)15(7-12(16)17)13(18)10-6-9(3)4-5-11(10)14/h4-6,8H,7,14H2,1-3H3,(H,16,17). The average molecular weight is 250 g/mol. The van der Waals surface area contributed by atoms with E-state index >= 15 is 0 Å². The predicted octanol–water partition coefficient (Wildman–Crippen LogP) is 1.51. The largest absolute Gasteiger partial charge is 0.480 e. The maximum atomic E-state index is 12.3. The minimum Gasteiger partial charge on any atom is -0.480 e. The number of aryl methyl sites for hydroxylation is 1. The van der Waals surface area contributed by atoms with E-state index in [2.05, 4.69) is 0 Å². The zero-order valence-electron chi connectivity index (χ0n) is 10.8. The average Bonchev–Trinajstić information content (AvgIpc) is 2.27. The van der Waals surface area contributed by atoms with Crippen LogP contribution in [0, 0.1) is 6.92 Å². The van der Waals surface area contributed by atoms with Crippen molar-refractivity contribution in [2.24, 2.45) is 0 Å². The number of carbonyl (C=O) groups excluding carboxylic acids is 1. The zero-order chi connectivity index (χ0) is 13.9. The molecule has 0 bridgehead atoms. The molecule has 0 atom stereocenters. The van der Waals surface area contributed by atoms with E-state index in [1.807, 2.05) is 13.0 Å². The number of carboxylic acid groups (broad SMARTS) is 1. The van der Waals surface area contributed by atoms with Gasteiger partial charge >= 0.3 is 5.97 Å². The summed E-state index contributed by atoms with van der Waals surface area (Å²) in [6, 6.07) is 4.94. The first-order chi connectivity index (χ1) is 8.32. The van der Waals surface area contributed by atoms with E-state index in [-0.39, 0.29) is 18.5 Å². The highest BCUT2D eigenvalue weighted by molar-refractivity contribution is 6.00. The molecule has 0 aliphatic heterocycles. The highest BCUT2D eigenvalue weighted by Crippen LogP contribution is 2.17. The maximum Gasteiger partial charge on any atom is 0.323 e. The van der Waals surface area contributed by atoms with Crippen molar-refractivity contribution in [3.8, 4) is 0 Å². The molecule has 0 saturated heterocycles. The molecular weight excluding hydrogens is 232 g/mol. The molecule has 0 aromatic heterocycles. The molecule has 98 valence electrons. The van der Waals surface area contributed by atoms with Gasteiger partial charge in [0.05, 0.1) is 5.56 Å². The van der Waals surface area contributed by atoms with Crippen LogP contribution in [0.5, 0.6) is 0 Å². The number of anilines is 1. The Labute approximate surface area is 106 Å². The number of nitrogens with two attached hydrogens (primary N) is 1. The number of rotatable bonds is 4. The van der Waals surface area contributed by atoms with Crippen molar-refractivity contribution < 1.29 is 14.7 Å². The smallest absolute Gasteiger partial charge is 0.323 e. The molecule has 0 heterocycles. The van der Waals surface area contributed by atoms with Crippen molar-refractivity contribution in [1.29, 1.82) is 0 Å². The number of nitrogens with zero attached hydrogens (tertiary/aromatic N) is 1. The van der Waals surface area contributed by atoms with Crippen molar-refractivity contribution in [3.05, 3.63) is 29.3 Å². The second kappa shape index (κ2) is 5.53. The van der Waals surface area contributed by atoms with Crippen LogP contribution in [0.1, 0.15) is 29.8 Å². The van der Waals surface area contributed by atoms with Crippen LogP contribution < -0.4 is 5.73 Å². The zero-order valence-corrected chi connectivity index (χ0v) is 10.8. The topological polar surface area (TPSA) is 83.6 Å². The Bertz CT molecular complexity index is 469. The van der Waals surface area contributed by atoms with Crippen LogP contribution in [0.4, 0.5) is 5.69 Å². The lowest BCUT2D eigenvalue weighted by atomic mass is 10.1. The second-order valence-electron chi connectivity index (χ2n) is 4.51. The summed E-state index contributed by atoms with van der Waals surface area (Å²) in [7, 11) is 0. The number of benzene rings is 1. The molecule has 0 unspecified atom stereocenters. The molecule has 1 aromatic carbocycles. The molecular formula is C13H18N2O3. The Morgan fingerprint density at radius 2 is 2.00 bits per heavy atom. The number of carbonyl (C=O) groups is 2. The van der Waals surface area contributed by atoms with Crippen LogP contribution in [0.15, 0.2) is 18.2 Å². The van der Waals surface area contributed by atoms with E-state index in [9.17, 15) is 9.59 Å². The number of amides is 1. The molecule has 3 N–H and O–H groups in total. The minimum atomic E-state index is -1.04. The molecule has 0 aliphatic carbocycles. The summed E-state index contributed by atoms with van der Waals surface area (Å²) in [5.41, 5.74) is 7.39. The van der Waals surface area contributed by atoms with E-state index in [0.29, 0.717) is 11.3 Å². The van der Waals surface area contributed by atoms with Gasteiger partial charge in [0.25, 0.3) is 5.91 Å². The number of nitrogen functional groups attached to an aromatic ring is 1. The van der Waals surface area contributed by atoms with Gasteiger partial charge in [0.15, 0.2) is 0 Å². The first-order valence-corrected chi connectivity index (χ1v) is 5.71. The molecule has 0 aliphatic rings. The van der Waals surface area contributed by atoms with Gasteiger partial charge in [-0.25, -0.2) is 0 Å². The Morgan fingerprint density at radius 3 is 2.50 bits per heavy atom. The molecule has 0 saturated carbocycles. The molecule has 1 aromatic rings. The van der Waals surface area contributed by atoms with Gasteiger partial charge in [0.2, 0.25) is 0 Å². The number of carboxylic acids is 1. The predicted molar refractivity (Wildman–Crippen MR) is 69.4 cm³/mol. The third kappa shape index (κ3) is 3.23. The molecule has 1 amide bonds. The van der Waals surface area contributed by atoms with Gasteiger partial charge in [-0.2, -0.15) is 0 Å². The normalized spacial score (nSPS) is 10.4. The van der Waals surface area contributed by atoms with E-state index in [0.717, 1.165) is 5.56 Å². The van der Waals surface area contributed by atoms with Gasteiger partial charge in [0.1, 0.15) is 6.54 Å². The fraction of sp³-hybridized carbons (Fsp3) is 0.385. The highest BCUT2D eigenvalue weighted by Gasteiger charge is 2.22. The van der Waals surface area contributed by atoms with Crippen LogP contribution in [0.3, 0.4) is 0 Å². The van der Waals surface area contributed by atoms with Gasteiger partial charge in [-0.15, -0.1) is 0 Å². The molecule has 18 heavy (non-hydrogen) atoms. The van der Waals surface area contributed by atoms with Crippen molar-refractivity contribution >= 4 is 17.6 Å². The summed E-state index contributed by atoms with van der Waals surface area (Å²) in [6.07, 6.45) is 0. The molecule has 1 rings (SSSR count). The van der Waals surface area contributed by atoms with Crippen LogP contribution in [-0.4, -0.2) is 34.5 Å². The highest BCUT2D eigenvalue weighted by atomic mass is 16.4. The van der Waals surface area contributed by atoms with E-state index in [1.54, 1.807) is 26.0 Å². The first-order valence-electron chi connectivity index (χ1n) is 5.71. The van der Waals surface area contributed by atoms with Crippen LogP contribution in [0.2, 0.25) is 0 Å². The van der Waals surface area contributed by atoms with Gasteiger partial charge in [-0.3, -0.25) is 9.59 Å². The van der Waals surface area contributed by atoms with Gasteiger partial charge < -0.3 is 15.7 Å². The van der Waals surface area contributed by atoms with Crippen molar-refractivity contribution in [2.75, 3.05) is 12.3 Å². The Balaban J connectivity index is 3.09. The Kier molecular flexibility index (Phi) is 4.31. The summed E-state index contributed by atoms with van der Waals surface area (Å²) in [5, 5.41) is 8.83. The summed E-state index contributed by atoms with van der Waals surface area (Å²) < 4.78 is 0. The first kappa shape index (κ1) is 14.0. The van der Waals surface area contributed by atoms with Crippen LogP contribution in [0.25, 0.3) is 0 Å². The lowest BCUT2D eigenvalue weighted by Crippen LogP contribution is -2.41. The summed E-state index contributed by atoms with van der Waals surface area (Å²) in [5.74, 6) is -1.39. The third-order valence-corrected chi connectivity index (χ3v) is 2.63. The number of aliphatic carboxylic acids is 1. The Morgan fingerprint density at radius 1 is 1.39 bits per heavy atom. The summed E-state index contributed by atoms with van der Waals surface area (Å²) >= 11 is 0. The van der Waals surface area contributed by atoms with Gasteiger partial charge in [0, 0.05) is 11.7 Å². The Hall–Kier alpha value is -2.04. The molecule has 5 nitrogen and oxygen atoms in total.